The van der Waals surface area contributed by atoms with Crippen LogP contribution in [0, 0.1) is 0 Å². The van der Waals surface area contributed by atoms with Gasteiger partial charge in [-0.25, -0.2) is 0 Å². The first-order valence-electron chi connectivity index (χ1n) is 5.90. The average molecular weight is 294 g/mol. The Kier molecular flexibility index (Phi) is 5.54. The van der Waals surface area contributed by atoms with Gasteiger partial charge in [-0.3, -0.25) is 0 Å². The van der Waals surface area contributed by atoms with E-state index < -0.39 is 17.7 Å². The lowest BCUT2D eigenvalue weighted by Gasteiger charge is -2.32. The van der Waals surface area contributed by atoms with Crippen molar-refractivity contribution in [2.24, 2.45) is 0 Å². The summed E-state index contributed by atoms with van der Waals surface area (Å²) in [5.41, 5.74) is -0.300. The Balaban J connectivity index is 3.10. The Bertz CT molecular complexity index is 386. The second-order valence-electron chi connectivity index (χ2n) is 3.70. The molecule has 0 atom stereocenters. The fraction of sp³-hybridized carbons (Fsp3) is 0.500. The first-order valence-corrected chi connectivity index (χ1v) is 6.72. The van der Waals surface area contributed by atoms with Crippen molar-refractivity contribution in [2.45, 2.75) is 26.0 Å². The maximum Gasteiger partial charge on any atom is 0.416 e. The summed E-state index contributed by atoms with van der Waals surface area (Å²) in [6, 6.07) is 4.60. The molecule has 0 heterocycles. The van der Waals surface area contributed by atoms with Crippen molar-refractivity contribution in [3.05, 3.63) is 35.4 Å². The van der Waals surface area contributed by atoms with E-state index in [4.69, 9.17) is 13.9 Å². The molecule has 1 rings (SSSR count). The molecule has 0 spiro atoms. The highest BCUT2D eigenvalue weighted by molar-refractivity contribution is 5.98. The monoisotopic (exact) mass is 294 g/mol. The zero-order chi connectivity index (χ0) is 14.5. The Morgan fingerprint density at radius 2 is 1.37 bits per heavy atom. The molecule has 19 heavy (non-hydrogen) atoms. The van der Waals surface area contributed by atoms with Crippen LogP contribution < -0.4 is 0 Å². The molecule has 0 aliphatic heterocycles. The zero-order valence-corrected chi connectivity index (χ0v) is 13.1. The number of benzene rings is 1. The van der Waals surface area contributed by atoms with Crippen LogP contribution >= 0.6 is 0 Å². The van der Waals surface area contributed by atoms with E-state index in [2.05, 4.69) is 0 Å². The highest BCUT2D eigenvalue weighted by Crippen LogP contribution is 2.33. The van der Waals surface area contributed by atoms with Gasteiger partial charge in [0, 0.05) is 18.8 Å². The third-order valence-electron chi connectivity index (χ3n) is 2.50. The summed E-state index contributed by atoms with van der Waals surface area (Å²) in [6.45, 7) is 4.17. The van der Waals surface area contributed by atoms with Crippen LogP contribution in [0.5, 0.6) is 0 Å². The molecule has 0 aliphatic rings. The molecule has 7 heteroatoms. The number of halogens is 3. The molecule has 0 N–H and O–H groups in total. The molecule has 0 fully saturated rings. The second kappa shape index (κ2) is 6.51. The summed E-state index contributed by atoms with van der Waals surface area (Å²) >= 11 is 0. The van der Waals surface area contributed by atoms with E-state index in [1.54, 1.807) is 13.8 Å². The van der Waals surface area contributed by atoms with Gasteiger partial charge < -0.3 is 13.9 Å². The normalized spacial score (nSPS) is 12.9. The Morgan fingerprint density at radius 1 is 0.947 bits per heavy atom. The van der Waals surface area contributed by atoms with Gasteiger partial charge in [0.2, 0.25) is 0 Å². The van der Waals surface area contributed by atoms with Crippen LogP contribution in [0.2, 0.25) is 0 Å². The van der Waals surface area contributed by atoms with Crippen molar-refractivity contribution in [2.75, 3.05) is 13.2 Å². The van der Waals surface area contributed by atoms with E-state index >= 15 is 0 Å². The van der Waals surface area contributed by atoms with Crippen molar-refractivity contribution < 1.29 is 27.1 Å². The number of hydrogen-bond donors (Lipinski definition) is 0. The summed E-state index contributed by atoms with van der Waals surface area (Å²) in [7, 11) is 0.326. The molecule has 0 radical (unpaired) electrons. The zero-order valence-electron chi connectivity index (χ0n) is 11.1. The highest BCUT2D eigenvalue weighted by atomic mass is 28.2. The van der Waals surface area contributed by atoms with Gasteiger partial charge in [0.05, 0.1) is 5.56 Å². The van der Waals surface area contributed by atoms with E-state index in [0.717, 1.165) is 12.1 Å². The Labute approximate surface area is 113 Å². The van der Waals surface area contributed by atoms with Crippen LogP contribution in [0.3, 0.4) is 0 Å². The average Bonchev–Trinajstić information content (AvgIpc) is 2.37. The maximum atomic E-state index is 12.5. The van der Waals surface area contributed by atoms with Crippen LogP contribution in [-0.4, -0.2) is 23.7 Å². The van der Waals surface area contributed by atoms with Crippen LogP contribution in [-0.2, 0) is 26.0 Å². The first-order chi connectivity index (χ1) is 8.89. The minimum absolute atomic E-state index is 0.323. The fourth-order valence-electron chi connectivity index (χ4n) is 1.69. The van der Waals surface area contributed by atoms with Crippen molar-refractivity contribution in [3.63, 3.8) is 0 Å². The summed E-state index contributed by atoms with van der Waals surface area (Å²) in [5.74, 6) is -1.40. The van der Waals surface area contributed by atoms with Gasteiger partial charge in [0.15, 0.2) is 10.5 Å². The lowest BCUT2D eigenvalue weighted by atomic mass is 10.1. The van der Waals surface area contributed by atoms with Gasteiger partial charge in [0.1, 0.15) is 0 Å². The second-order valence-corrected chi connectivity index (χ2v) is 4.11. The molecule has 1 aromatic rings. The van der Waals surface area contributed by atoms with Crippen LogP contribution in [0.4, 0.5) is 13.2 Å². The van der Waals surface area contributed by atoms with E-state index in [9.17, 15) is 13.2 Å². The quantitative estimate of drug-likeness (QED) is 0.594. The number of alkyl halides is 3. The standard InChI is InChI=1S/C12H17F3O3Si/c1-3-16-12(18-19,17-4-2)10-7-5-9(6-8-10)11(13,14)15/h5-8H,3-4H2,1-2,19H3. The van der Waals surface area contributed by atoms with Gasteiger partial charge >= 0.3 is 12.1 Å². The SMILES string of the molecule is CCOC(O[SiH3])(OCC)c1ccc(C(F)(F)F)cc1. The number of ether oxygens (including phenoxy) is 2. The molecule has 0 aromatic heterocycles. The molecule has 108 valence electrons. The van der Waals surface area contributed by atoms with E-state index in [0.29, 0.717) is 29.3 Å². The maximum absolute atomic E-state index is 12.5. The molecular formula is C12H17F3O3Si. The summed E-state index contributed by atoms with van der Waals surface area (Å²) in [4.78, 5) is 0. The van der Waals surface area contributed by atoms with Crippen molar-refractivity contribution >= 4 is 10.5 Å². The topological polar surface area (TPSA) is 27.7 Å². The fourth-order valence-corrected chi connectivity index (χ4v) is 2.16. The molecular weight excluding hydrogens is 277 g/mol. The predicted molar refractivity (Wildman–Crippen MR) is 67.4 cm³/mol. The molecule has 0 amide bonds. The van der Waals surface area contributed by atoms with Crippen LogP contribution in [0.15, 0.2) is 24.3 Å². The van der Waals surface area contributed by atoms with E-state index in [1.807, 2.05) is 0 Å². The largest absolute Gasteiger partial charge is 0.416 e. The molecule has 0 aliphatic carbocycles. The van der Waals surface area contributed by atoms with Crippen LogP contribution in [0.25, 0.3) is 0 Å². The minimum Gasteiger partial charge on any atom is -0.376 e. The van der Waals surface area contributed by atoms with Crippen molar-refractivity contribution in [3.8, 4) is 0 Å². The third-order valence-corrected chi connectivity index (χ3v) is 3.04. The number of rotatable bonds is 6. The van der Waals surface area contributed by atoms with Crippen molar-refractivity contribution in [1.82, 2.24) is 0 Å². The smallest absolute Gasteiger partial charge is 0.376 e. The molecule has 1 aromatic carbocycles. The summed E-state index contributed by atoms with van der Waals surface area (Å²) < 4.78 is 53.7. The lowest BCUT2D eigenvalue weighted by molar-refractivity contribution is -0.352. The molecule has 0 saturated heterocycles. The van der Waals surface area contributed by atoms with Gasteiger partial charge in [-0.1, -0.05) is 12.1 Å². The lowest BCUT2D eigenvalue weighted by Crippen LogP contribution is -2.36. The van der Waals surface area contributed by atoms with Crippen LogP contribution in [0.1, 0.15) is 25.0 Å². The predicted octanol–water partition coefficient (Wildman–Crippen LogP) is 2.19. The molecule has 0 bridgehead atoms. The van der Waals surface area contributed by atoms with Gasteiger partial charge in [-0.05, 0) is 26.0 Å². The Hall–Kier alpha value is -0.893. The highest BCUT2D eigenvalue weighted by Gasteiger charge is 2.35. The summed E-state index contributed by atoms with van der Waals surface area (Å²) in [6.07, 6.45) is -4.36. The molecule has 3 nitrogen and oxygen atoms in total. The number of hydrogen-bond acceptors (Lipinski definition) is 3. The molecule has 0 saturated carbocycles. The summed E-state index contributed by atoms with van der Waals surface area (Å²) in [5, 5.41) is 0. The molecule has 0 unspecified atom stereocenters. The first kappa shape index (κ1) is 16.2. The Morgan fingerprint density at radius 3 is 1.68 bits per heavy atom. The third kappa shape index (κ3) is 3.79. The minimum atomic E-state index is -4.36. The van der Waals surface area contributed by atoms with E-state index in [-0.39, 0.29) is 0 Å². The van der Waals surface area contributed by atoms with Gasteiger partial charge in [0.25, 0.3) is 0 Å². The van der Waals surface area contributed by atoms with Gasteiger partial charge in [-0.15, -0.1) is 0 Å². The van der Waals surface area contributed by atoms with E-state index in [1.165, 1.54) is 12.1 Å². The van der Waals surface area contributed by atoms with Gasteiger partial charge in [-0.2, -0.15) is 13.2 Å². The van der Waals surface area contributed by atoms with Crippen molar-refractivity contribution in [1.29, 1.82) is 0 Å².